The Bertz CT molecular complexity index is 3970. The van der Waals surface area contributed by atoms with Crippen LogP contribution in [0.15, 0.2) is 30.3 Å². The van der Waals surface area contributed by atoms with Crippen molar-refractivity contribution in [3.8, 4) is 0 Å². The van der Waals surface area contributed by atoms with Crippen molar-refractivity contribution in [1.29, 1.82) is 10.8 Å². The van der Waals surface area contributed by atoms with Crippen LogP contribution in [0.3, 0.4) is 0 Å². The van der Waals surface area contributed by atoms with Crippen LogP contribution in [0.1, 0.15) is 125 Å². The Balaban J connectivity index is 2.28. The van der Waals surface area contributed by atoms with Gasteiger partial charge < -0.3 is 139 Å². The van der Waals surface area contributed by atoms with Gasteiger partial charge in [-0.1, -0.05) is 71.9 Å². The molecule has 0 unspecified atom stereocenters. The summed E-state index contributed by atoms with van der Waals surface area (Å²) in [4.78, 5) is 269. The van der Waals surface area contributed by atoms with E-state index in [1.807, 2.05) is 19.2 Å². The lowest BCUT2D eigenvalue weighted by Gasteiger charge is -2.29. The lowest BCUT2D eigenvalue weighted by Crippen LogP contribution is -2.62. The molecule has 1 heterocycles. The molecule has 0 saturated carbocycles. The van der Waals surface area contributed by atoms with E-state index in [1.165, 1.54) is 46.8 Å². The predicted molar refractivity (Wildman–Crippen MR) is 456 cm³/mol. The summed E-state index contributed by atoms with van der Waals surface area (Å²) in [6, 6.07) is -15.6. The number of rotatable bonds is 57. The Hall–Kier alpha value is -11.9. The fourth-order valence-electron chi connectivity index (χ4n) is 12.1. The number of carbonyl (C=O) groups is 20. The molecule has 31 N–H and O–H groups in total. The summed E-state index contributed by atoms with van der Waals surface area (Å²) in [7, 11) is 0. The van der Waals surface area contributed by atoms with Gasteiger partial charge in [-0.3, -0.25) is 102 Å². The standard InChI is InChI=1S/C74H120N24O24S3/c1-34(2)24-39(75)59(108)83-28-52(101)86-40(16-11-21-81-73(77)78)60(109)90-44(26-51(76)100)64(113)92-46(30-99)65(114)89-43(25-38-14-9-8-10-15-38)63(112)88-42(19-20-54(103)104)62(111)96-56(35(3)4)69(118)94-48(32-124)67(116)97-57(36(5)6)70(119)93-47(31-123)66(115)85-37(7)58(107)95-49(33-125)71(120)98-23-13-18-50(98)68(117)84-29-53(102)87-41(17-12-22-82-74(79)80)61(110)91-45(72(121)122)27-55(105)106/h8-10,14-15,34-37,39-50,56-57,99,123-125H,11-13,16-33,75H2,1-7H3,(H2,76,100)(H,83,108)(H,84,117)(H,85,115)(H,86,101)(H,87,102)(H,88,112)(H,89,114)(H,90,109)(H,91,110)(H,92,113)(H,93,119)(H,94,118)(H,95,107)(H,96,111)(H,97,116)(H,103,104)(H,105,106)(H,121,122)(H4,77,78,81)(H4,79,80,82)/t37-,39-,40-,41-,42-,43-,44-,45-,46-,47-,48-,49-,50-,56-,57-/m0/s1. The normalized spacial score (nSPS) is 15.6. The minimum Gasteiger partial charge on any atom is -0.481 e. The van der Waals surface area contributed by atoms with Gasteiger partial charge in [-0.05, 0) is 81.6 Å². The molecule has 1 fully saturated rings. The lowest BCUT2D eigenvalue weighted by atomic mass is 10.0. The van der Waals surface area contributed by atoms with Gasteiger partial charge in [-0.25, -0.2) is 4.79 Å². The van der Waals surface area contributed by atoms with Gasteiger partial charge in [0.05, 0.1) is 38.6 Å². The third kappa shape index (κ3) is 40.6. The highest BCUT2D eigenvalue weighted by Crippen LogP contribution is 2.20. The molecule has 2 rings (SSSR count). The topological polar surface area (TPSA) is 782 Å². The zero-order valence-electron chi connectivity index (χ0n) is 70.2. The van der Waals surface area contributed by atoms with Crippen LogP contribution in [0.4, 0.5) is 0 Å². The van der Waals surface area contributed by atoms with Gasteiger partial charge in [0, 0.05) is 49.7 Å². The summed E-state index contributed by atoms with van der Waals surface area (Å²) in [5.74, 6) is -25.5. The van der Waals surface area contributed by atoms with E-state index in [2.05, 4.69) is 123 Å². The van der Waals surface area contributed by atoms with E-state index in [0.717, 1.165) is 4.90 Å². The molecular weight excluding hydrogens is 1710 g/mol. The Morgan fingerprint density at radius 1 is 0.456 bits per heavy atom. The monoisotopic (exact) mass is 1820 g/mol. The van der Waals surface area contributed by atoms with Crippen molar-refractivity contribution < 1.29 is 116 Å². The minimum absolute atomic E-state index is 0.00236. The van der Waals surface area contributed by atoms with Gasteiger partial charge in [0.25, 0.3) is 0 Å². The Morgan fingerprint density at radius 3 is 1.33 bits per heavy atom. The summed E-state index contributed by atoms with van der Waals surface area (Å²) < 4.78 is 0. The fraction of sp³-hybridized carbons (Fsp3) is 0.622. The van der Waals surface area contributed by atoms with E-state index in [1.54, 1.807) is 18.2 Å². The van der Waals surface area contributed by atoms with Crippen LogP contribution in [0, 0.1) is 28.6 Å². The summed E-state index contributed by atoms with van der Waals surface area (Å²) in [5, 5.41) is 94.3. The second-order valence-electron chi connectivity index (χ2n) is 30.2. The number of thiol groups is 3. The van der Waals surface area contributed by atoms with E-state index in [9.17, 15) is 111 Å². The molecule has 15 atom stereocenters. The second-order valence-corrected chi connectivity index (χ2v) is 31.3. The first-order valence-electron chi connectivity index (χ1n) is 39.8. The average Bonchev–Trinajstić information content (AvgIpc) is 1.70. The van der Waals surface area contributed by atoms with E-state index in [4.69, 9.17) is 38.9 Å². The van der Waals surface area contributed by atoms with Gasteiger partial charge >= 0.3 is 17.9 Å². The Morgan fingerprint density at radius 2 is 0.872 bits per heavy atom. The van der Waals surface area contributed by atoms with Crippen molar-refractivity contribution >= 4 is 168 Å². The number of nitrogens with one attached hydrogen (secondary N) is 19. The zero-order valence-corrected chi connectivity index (χ0v) is 72.9. The van der Waals surface area contributed by atoms with E-state index in [0.29, 0.717) is 5.56 Å². The molecule has 0 aromatic heterocycles. The van der Waals surface area contributed by atoms with E-state index >= 15 is 0 Å². The van der Waals surface area contributed by atoms with Crippen LogP contribution in [0.25, 0.3) is 0 Å². The van der Waals surface area contributed by atoms with Gasteiger partial charge in [-0.15, -0.1) is 0 Å². The molecule has 125 heavy (non-hydrogen) atoms. The predicted octanol–water partition coefficient (Wildman–Crippen LogP) is -9.93. The second kappa shape index (κ2) is 56.1. The molecule has 1 aromatic rings. The van der Waals surface area contributed by atoms with Crippen molar-refractivity contribution in [2.45, 2.75) is 216 Å². The molecule has 1 aliphatic rings. The highest BCUT2D eigenvalue weighted by molar-refractivity contribution is 7.80. The number of carboxylic acid groups (broad SMARTS) is 3. The lowest BCUT2D eigenvalue weighted by molar-refractivity contribution is -0.147. The maximum atomic E-state index is 14.5. The number of aliphatic carboxylic acids is 3. The van der Waals surface area contributed by atoms with Crippen molar-refractivity contribution in [2.75, 3.05) is 56.6 Å². The first-order valence-corrected chi connectivity index (χ1v) is 41.7. The van der Waals surface area contributed by atoms with Crippen LogP contribution in [-0.4, -0.2) is 303 Å². The average molecular weight is 1830 g/mol. The van der Waals surface area contributed by atoms with Gasteiger partial charge in [0.1, 0.15) is 84.6 Å². The van der Waals surface area contributed by atoms with Crippen LogP contribution in [-0.2, 0) is 102 Å². The molecule has 0 aliphatic carbocycles. The third-order valence-electron chi connectivity index (χ3n) is 18.7. The Kier molecular flexibility index (Phi) is 49.0. The number of likely N-dealkylation sites (tertiary alicyclic amines) is 1. The number of aliphatic hydroxyl groups excluding tert-OH is 1. The minimum atomic E-state index is -1.98. The molecule has 0 bridgehead atoms. The molecule has 1 aromatic carbocycles. The van der Waals surface area contributed by atoms with Crippen molar-refractivity contribution in [1.82, 2.24) is 95.3 Å². The maximum Gasteiger partial charge on any atom is 0.326 e. The van der Waals surface area contributed by atoms with Crippen molar-refractivity contribution in [3.63, 3.8) is 0 Å². The summed E-state index contributed by atoms with van der Waals surface area (Å²) in [5.41, 5.74) is 22.4. The molecule has 51 heteroatoms. The summed E-state index contributed by atoms with van der Waals surface area (Å²) >= 11 is 12.7. The van der Waals surface area contributed by atoms with Crippen molar-refractivity contribution in [3.05, 3.63) is 35.9 Å². The zero-order chi connectivity index (χ0) is 94.7. The highest BCUT2D eigenvalue weighted by atomic mass is 32.1. The molecule has 0 radical (unpaired) electrons. The number of carboxylic acids is 3. The smallest absolute Gasteiger partial charge is 0.326 e. The van der Waals surface area contributed by atoms with Crippen LogP contribution >= 0.6 is 37.9 Å². The summed E-state index contributed by atoms with van der Waals surface area (Å²) in [6.07, 6.45) is -3.26. The quantitative estimate of drug-likeness (QED) is 0.0125. The van der Waals surface area contributed by atoms with E-state index < -0.39 is 290 Å². The number of hydrogen-bond donors (Lipinski definition) is 30. The molecule has 698 valence electrons. The first kappa shape index (κ1) is 109. The number of carbonyl (C=O) groups excluding carboxylic acids is 17. The molecular formula is C74H120N24O24S3. The number of amides is 17. The van der Waals surface area contributed by atoms with Gasteiger partial charge in [0.15, 0.2) is 11.9 Å². The molecule has 17 amide bonds. The van der Waals surface area contributed by atoms with Crippen LogP contribution < -0.4 is 113 Å². The largest absolute Gasteiger partial charge is 0.481 e. The van der Waals surface area contributed by atoms with Gasteiger partial charge in [-0.2, -0.15) is 37.9 Å². The number of aliphatic hydroxyl groups is 1. The molecule has 0 spiro atoms. The van der Waals surface area contributed by atoms with E-state index in [-0.39, 0.29) is 82.7 Å². The molecule has 48 nitrogen and oxygen atoms in total. The fourth-order valence-corrected chi connectivity index (χ4v) is 12.8. The number of nitrogens with two attached hydrogens (primary N) is 4. The molecule has 1 aliphatic heterocycles. The number of hydrogen-bond acceptors (Lipinski definition) is 27. The van der Waals surface area contributed by atoms with Gasteiger partial charge in [0.2, 0.25) is 100 Å². The molecule has 1 saturated heterocycles. The number of nitrogens with zero attached hydrogens (tertiary/aromatic N) is 1. The third-order valence-corrected chi connectivity index (χ3v) is 19.8. The van der Waals surface area contributed by atoms with Crippen molar-refractivity contribution in [2.24, 2.45) is 40.7 Å². The van der Waals surface area contributed by atoms with Crippen LogP contribution in [0.2, 0.25) is 0 Å². The van der Waals surface area contributed by atoms with Crippen LogP contribution in [0.5, 0.6) is 0 Å². The highest BCUT2D eigenvalue weighted by Gasteiger charge is 2.41. The maximum absolute atomic E-state index is 14.5. The SMILES string of the molecule is CC(C)C[C@H](N)C(=O)NCC(=O)N[C@@H](CCCNC(=N)N)C(=O)N[C@@H](CC(N)=O)C(=O)N[C@@H](CO)C(=O)N[C@@H](Cc1ccccc1)C(=O)N[C@@H](CCC(=O)O)C(=O)N[C@H](C(=O)N[C@@H](CS)C(=O)N[C@H](C(=O)N[C@@H](CS)C(=O)N[C@@H](C)C(=O)N[C@@H](CS)C(=O)N1CCC[C@H]1C(=O)NCC(=O)N[C@@H](CCCNC(=N)N)C(=O)N[C@@H](CC(=O)O)C(=O)O)C(C)C)C(C)C. The summed E-state index contributed by atoms with van der Waals surface area (Å²) in [6.45, 7) is 8.32. The Labute approximate surface area is 736 Å². The number of guanidine groups is 2. The number of primary amides is 1. The number of benzene rings is 1. The first-order chi connectivity index (χ1) is 58.7.